The lowest BCUT2D eigenvalue weighted by Gasteiger charge is -2.08. The topological polar surface area (TPSA) is 29.5 Å². The van der Waals surface area contributed by atoms with Crippen molar-refractivity contribution in [1.82, 2.24) is 0 Å². The standard InChI is InChI=1S/C19H15FO2/c1-22-17-9-4-14(5-10-17)18-11-6-15(12-19(18)20)13-2-7-16(21)8-3-13/h2-12,21H,1H3. The Bertz CT molecular complexity index is 778. The summed E-state index contributed by atoms with van der Waals surface area (Å²) in [5, 5.41) is 9.31. The van der Waals surface area contributed by atoms with Crippen LogP contribution in [0.15, 0.2) is 66.7 Å². The molecule has 0 atom stereocenters. The van der Waals surface area contributed by atoms with Crippen molar-refractivity contribution in [2.24, 2.45) is 0 Å². The molecule has 0 aromatic heterocycles. The van der Waals surface area contributed by atoms with E-state index in [2.05, 4.69) is 0 Å². The van der Waals surface area contributed by atoms with Crippen LogP contribution in [-0.4, -0.2) is 12.2 Å². The van der Waals surface area contributed by atoms with Crippen molar-refractivity contribution in [3.05, 3.63) is 72.5 Å². The van der Waals surface area contributed by atoms with Gasteiger partial charge in [-0.05, 0) is 47.0 Å². The molecule has 0 heterocycles. The lowest BCUT2D eigenvalue weighted by Crippen LogP contribution is -1.87. The monoisotopic (exact) mass is 294 g/mol. The summed E-state index contributed by atoms with van der Waals surface area (Å²) in [7, 11) is 1.60. The Hall–Kier alpha value is -2.81. The minimum absolute atomic E-state index is 0.194. The van der Waals surface area contributed by atoms with Gasteiger partial charge < -0.3 is 9.84 Å². The number of aromatic hydroxyl groups is 1. The Balaban J connectivity index is 1.96. The zero-order valence-electron chi connectivity index (χ0n) is 12.1. The van der Waals surface area contributed by atoms with Crippen LogP contribution >= 0.6 is 0 Å². The Morgan fingerprint density at radius 2 is 1.36 bits per heavy atom. The summed E-state index contributed by atoms with van der Waals surface area (Å²) in [4.78, 5) is 0. The van der Waals surface area contributed by atoms with Gasteiger partial charge in [-0.15, -0.1) is 0 Å². The van der Waals surface area contributed by atoms with Gasteiger partial charge in [0.05, 0.1) is 7.11 Å². The normalized spacial score (nSPS) is 10.5. The van der Waals surface area contributed by atoms with Crippen molar-refractivity contribution in [2.75, 3.05) is 7.11 Å². The molecule has 0 aliphatic heterocycles. The highest BCUT2D eigenvalue weighted by Gasteiger charge is 2.08. The van der Waals surface area contributed by atoms with Gasteiger partial charge in [0.15, 0.2) is 0 Å². The maximum atomic E-state index is 14.4. The lowest BCUT2D eigenvalue weighted by atomic mass is 9.99. The molecule has 3 aromatic carbocycles. The average molecular weight is 294 g/mol. The maximum absolute atomic E-state index is 14.4. The number of benzene rings is 3. The number of hydrogen-bond acceptors (Lipinski definition) is 2. The first-order valence-corrected chi connectivity index (χ1v) is 6.91. The van der Waals surface area contributed by atoms with E-state index in [9.17, 15) is 9.50 Å². The molecule has 1 N–H and O–H groups in total. The third kappa shape index (κ3) is 2.79. The second-order valence-electron chi connectivity index (χ2n) is 4.97. The van der Waals surface area contributed by atoms with Crippen LogP contribution in [0, 0.1) is 5.82 Å². The number of phenols is 1. The summed E-state index contributed by atoms with van der Waals surface area (Å²) < 4.78 is 19.5. The van der Waals surface area contributed by atoms with Crippen LogP contribution in [0.3, 0.4) is 0 Å². The maximum Gasteiger partial charge on any atom is 0.131 e. The van der Waals surface area contributed by atoms with Crippen LogP contribution in [0.4, 0.5) is 4.39 Å². The van der Waals surface area contributed by atoms with Crippen molar-refractivity contribution in [2.45, 2.75) is 0 Å². The van der Waals surface area contributed by atoms with E-state index >= 15 is 0 Å². The molecule has 3 heteroatoms. The fourth-order valence-electron chi connectivity index (χ4n) is 2.35. The molecule has 0 unspecified atom stereocenters. The lowest BCUT2D eigenvalue weighted by molar-refractivity contribution is 0.415. The largest absolute Gasteiger partial charge is 0.508 e. The molecule has 0 amide bonds. The van der Waals surface area contributed by atoms with E-state index in [1.54, 1.807) is 37.4 Å². The molecule has 3 rings (SSSR count). The fourth-order valence-corrected chi connectivity index (χ4v) is 2.35. The van der Waals surface area contributed by atoms with Gasteiger partial charge in [0.1, 0.15) is 17.3 Å². The van der Waals surface area contributed by atoms with Crippen LogP contribution in [0.2, 0.25) is 0 Å². The highest BCUT2D eigenvalue weighted by Crippen LogP contribution is 2.29. The van der Waals surface area contributed by atoms with E-state index in [4.69, 9.17) is 4.74 Å². The van der Waals surface area contributed by atoms with Crippen LogP contribution in [-0.2, 0) is 0 Å². The van der Waals surface area contributed by atoms with Gasteiger partial charge in [-0.1, -0.05) is 36.4 Å². The molecule has 110 valence electrons. The minimum Gasteiger partial charge on any atom is -0.508 e. The Morgan fingerprint density at radius 3 is 1.95 bits per heavy atom. The zero-order valence-corrected chi connectivity index (χ0v) is 12.1. The molecule has 0 radical (unpaired) electrons. The predicted molar refractivity (Wildman–Crippen MR) is 85.5 cm³/mol. The van der Waals surface area contributed by atoms with Gasteiger partial charge in [0, 0.05) is 5.56 Å². The van der Waals surface area contributed by atoms with Gasteiger partial charge in [0.2, 0.25) is 0 Å². The second-order valence-corrected chi connectivity index (χ2v) is 4.97. The van der Waals surface area contributed by atoms with Gasteiger partial charge >= 0.3 is 0 Å². The van der Waals surface area contributed by atoms with Gasteiger partial charge in [-0.25, -0.2) is 4.39 Å². The first kappa shape index (κ1) is 14.1. The first-order chi connectivity index (χ1) is 10.7. The first-order valence-electron chi connectivity index (χ1n) is 6.91. The molecule has 0 fully saturated rings. The van der Waals surface area contributed by atoms with Crippen LogP contribution in [0.1, 0.15) is 0 Å². The molecule has 0 bridgehead atoms. The van der Waals surface area contributed by atoms with Crippen molar-refractivity contribution >= 4 is 0 Å². The molecule has 3 aromatic rings. The Labute approximate surface area is 128 Å². The van der Waals surface area contributed by atoms with Crippen LogP contribution in [0.5, 0.6) is 11.5 Å². The predicted octanol–water partition coefficient (Wildman–Crippen LogP) is 4.87. The van der Waals surface area contributed by atoms with Crippen LogP contribution < -0.4 is 4.74 Å². The van der Waals surface area contributed by atoms with E-state index in [1.165, 1.54) is 6.07 Å². The third-order valence-electron chi connectivity index (χ3n) is 3.57. The molecule has 0 spiro atoms. The smallest absolute Gasteiger partial charge is 0.131 e. The summed E-state index contributed by atoms with van der Waals surface area (Å²) >= 11 is 0. The van der Waals surface area contributed by atoms with Crippen LogP contribution in [0.25, 0.3) is 22.3 Å². The number of rotatable bonds is 3. The summed E-state index contributed by atoms with van der Waals surface area (Å²) in [5.41, 5.74) is 2.98. The van der Waals surface area contributed by atoms with E-state index in [0.29, 0.717) is 5.56 Å². The highest BCUT2D eigenvalue weighted by molar-refractivity contribution is 5.71. The molecular formula is C19H15FO2. The highest BCUT2D eigenvalue weighted by atomic mass is 19.1. The summed E-state index contributed by atoms with van der Waals surface area (Å²) in [5.74, 6) is 0.652. The third-order valence-corrected chi connectivity index (χ3v) is 3.57. The molecule has 22 heavy (non-hydrogen) atoms. The van der Waals surface area contributed by atoms with E-state index in [-0.39, 0.29) is 11.6 Å². The molecular weight excluding hydrogens is 279 g/mol. The molecule has 0 saturated heterocycles. The van der Waals surface area contributed by atoms with E-state index < -0.39 is 0 Å². The van der Waals surface area contributed by atoms with Gasteiger partial charge in [-0.3, -0.25) is 0 Å². The quantitative estimate of drug-likeness (QED) is 0.746. The number of halogens is 1. The number of ether oxygens (including phenoxy) is 1. The summed E-state index contributed by atoms with van der Waals surface area (Å²) in [6.07, 6.45) is 0. The molecule has 0 aliphatic carbocycles. The Morgan fingerprint density at radius 1 is 0.773 bits per heavy atom. The van der Waals surface area contributed by atoms with E-state index in [0.717, 1.165) is 22.4 Å². The summed E-state index contributed by atoms with van der Waals surface area (Å²) in [6, 6.07) is 19.1. The zero-order chi connectivity index (χ0) is 15.5. The Kier molecular flexibility index (Phi) is 3.79. The second kappa shape index (κ2) is 5.90. The van der Waals surface area contributed by atoms with E-state index in [1.807, 2.05) is 30.3 Å². The van der Waals surface area contributed by atoms with Gasteiger partial charge in [-0.2, -0.15) is 0 Å². The summed E-state index contributed by atoms with van der Waals surface area (Å²) in [6.45, 7) is 0. The molecule has 0 aliphatic rings. The van der Waals surface area contributed by atoms with Crippen molar-refractivity contribution < 1.29 is 14.2 Å². The average Bonchev–Trinajstić information content (AvgIpc) is 2.56. The number of phenolic OH excluding ortho intramolecular Hbond substituents is 1. The van der Waals surface area contributed by atoms with Crippen molar-refractivity contribution in [3.8, 4) is 33.8 Å². The SMILES string of the molecule is COc1ccc(-c2ccc(-c3ccc(O)cc3)cc2F)cc1. The van der Waals surface area contributed by atoms with Crippen molar-refractivity contribution in [3.63, 3.8) is 0 Å². The fraction of sp³-hybridized carbons (Fsp3) is 0.0526. The number of methoxy groups -OCH3 is 1. The molecule has 0 saturated carbocycles. The number of hydrogen-bond donors (Lipinski definition) is 1. The van der Waals surface area contributed by atoms with Gasteiger partial charge in [0.25, 0.3) is 0 Å². The molecule has 2 nitrogen and oxygen atoms in total. The minimum atomic E-state index is -0.282. The van der Waals surface area contributed by atoms with Crippen molar-refractivity contribution in [1.29, 1.82) is 0 Å².